The van der Waals surface area contributed by atoms with Crippen LogP contribution >= 0.6 is 0 Å². The standard InChI is InChI=1S/C15H17N3O2S/c1-21(20)12-6-4-11(5-7-12)9-15(19)18-8-2-3-13-14(18)10-16-17-13/h4-7,10H,2-3,8-9H2,1H3,(H,16,17). The fourth-order valence-corrected chi connectivity index (χ4v) is 3.10. The Kier molecular flexibility index (Phi) is 3.88. The number of nitrogens with zero attached hydrogens (tertiary/aromatic N) is 2. The molecule has 6 heteroatoms. The molecular weight excluding hydrogens is 286 g/mol. The number of aromatic nitrogens is 2. The first-order valence-corrected chi connectivity index (χ1v) is 8.46. The van der Waals surface area contributed by atoms with Gasteiger partial charge in [-0.1, -0.05) is 12.1 Å². The van der Waals surface area contributed by atoms with Crippen LogP contribution in [0, 0.1) is 0 Å². The maximum absolute atomic E-state index is 12.5. The third kappa shape index (κ3) is 2.90. The van der Waals surface area contributed by atoms with Gasteiger partial charge < -0.3 is 4.90 Å². The van der Waals surface area contributed by atoms with Crippen molar-refractivity contribution in [1.29, 1.82) is 0 Å². The largest absolute Gasteiger partial charge is 0.309 e. The minimum absolute atomic E-state index is 0.0720. The summed E-state index contributed by atoms with van der Waals surface area (Å²) in [7, 11) is -0.986. The summed E-state index contributed by atoms with van der Waals surface area (Å²) >= 11 is 0. The number of rotatable bonds is 3. The summed E-state index contributed by atoms with van der Waals surface area (Å²) in [4.78, 5) is 15.1. The Bertz CT molecular complexity index is 678. The highest BCUT2D eigenvalue weighted by Crippen LogP contribution is 2.25. The Hall–Kier alpha value is -1.95. The predicted molar refractivity (Wildman–Crippen MR) is 81.7 cm³/mol. The normalized spacial score (nSPS) is 15.6. The van der Waals surface area contributed by atoms with Gasteiger partial charge in [-0.05, 0) is 30.5 Å². The van der Waals surface area contributed by atoms with Gasteiger partial charge in [-0.15, -0.1) is 0 Å². The van der Waals surface area contributed by atoms with E-state index in [1.165, 1.54) is 0 Å². The summed E-state index contributed by atoms with van der Waals surface area (Å²) in [6.45, 7) is 0.739. The molecule has 1 aromatic heterocycles. The highest BCUT2D eigenvalue weighted by Gasteiger charge is 2.23. The predicted octanol–water partition coefficient (Wildman–Crippen LogP) is 1.67. The maximum Gasteiger partial charge on any atom is 0.231 e. The molecule has 110 valence electrons. The first-order valence-electron chi connectivity index (χ1n) is 6.90. The van der Waals surface area contributed by atoms with Crippen LogP contribution in [-0.4, -0.2) is 33.1 Å². The van der Waals surface area contributed by atoms with Crippen molar-refractivity contribution < 1.29 is 9.00 Å². The Morgan fingerprint density at radius 1 is 1.38 bits per heavy atom. The van der Waals surface area contributed by atoms with E-state index in [-0.39, 0.29) is 5.91 Å². The first-order chi connectivity index (χ1) is 10.1. The van der Waals surface area contributed by atoms with Crippen LogP contribution in [0.1, 0.15) is 17.7 Å². The van der Waals surface area contributed by atoms with Crippen LogP contribution < -0.4 is 4.90 Å². The fourth-order valence-electron chi connectivity index (χ4n) is 2.59. The average Bonchev–Trinajstić information content (AvgIpc) is 2.96. The van der Waals surface area contributed by atoms with E-state index in [0.717, 1.165) is 41.2 Å². The number of aromatic amines is 1. The molecule has 1 amide bonds. The van der Waals surface area contributed by atoms with Crippen molar-refractivity contribution >= 4 is 22.4 Å². The molecule has 1 atom stereocenters. The monoisotopic (exact) mass is 303 g/mol. The number of fused-ring (bicyclic) bond motifs is 1. The molecule has 5 nitrogen and oxygen atoms in total. The number of benzene rings is 1. The molecule has 3 rings (SSSR count). The number of H-pyrrole nitrogens is 1. The zero-order valence-corrected chi connectivity index (χ0v) is 12.7. The second-order valence-corrected chi connectivity index (χ2v) is 6.54. The third-order valence-corrected chi connectivity index (χ3v) is 4.64. The van der Waals surface area contributed by atoms with Gasteiger partial charge in [0.2, 0.25) is 5.91 Å². The molecule has 0 saturated heterocycles. The summed E-state index contributed by atoms with van der Waals surface area (Å²) in [6.07, 6.45) is 5.61. The minimum Gasteiger partial charge on any atom is -0.309 e. The van der Waals surface area contributed by atoms with Crippen LogP contribution in [0.4, 0.5) is 5.69 Å². The molecule has 2 heterocycles. The zero-order chi connectivity index (χ0) is 14.8. The van der Waals surface area contributed by atoms with Crippen LogP contribution in [0.2, 0.25) is 0 Å². The molecule has 0 fully saturated rings. The fraction of sp³-hybridized carbons (Fsp3) is 0.333. The minimum atomic E-state index is -0.986. The molecule has 1 N–H and O–H groups in total. The number of hydrogen-bond donors (Lipinski definition) is 1. The van der Waals surface area contributed by atoms with Crippen LogP contribution in [0.5, 0.6) is 0 Å². The van der Waals surface area contributed by atoms with Crippen molar-refractivity contribution in [3.63, 3.8) is 0 Å². The number of aryl methyl sites for hydroxylation is 1. The highest BCUT2D eigenvalue weighted by atomic mass is 32.2. The Balaban J connectivity index is 1.74. The Morgan fingerprint density at radius 2 is 2.14 bits per heavy atom. The van der Waals surface area contributed by atoms with E-state index in [2.05, 4.69) is 10.2 Å². The van der Waals surface area contributed by atoms with Gasteiger partial charge in [0.05, 0.1) is 24.0 Å². The number of hydrogen-bond acceptors (Lipinski definition) is 3. The van der Waals surface area contributed by atoms with Crippen LogP contribution in [0.15, 0.2) is 35.4 Å². The van der Waals surface area contributed by atoms with Gasteiger partial charge in [0.25, 0.3) is 0 Å². The first kappa shape index (κ1) is 14.0. The molecule has 0 radical (unpaired) electrons. The molecule has 1 unspecified atom stereocenters. The second-order valence-electron chi connectivity index (χ2n) is 5.16. The van der Waals surface area contributed by atoms with E-state index in [1.54, 1.807) is 17.4 Å². The molecule has 2 aromatic rings. The van der Waals surface area contributed by atoms with Crippen molar-refractivity contribution in [2.75, 3.05) is 17.7 Å². The van der Waals surface area contributed by atoms with E-state index in [4.69, 9.17) is 0 Å². The molecule has 21 heavy (non-hydrogen) atoms. The van der Waals surface area contributed by atoms with Crippen molar-refractivity contribution in [3.05, 3.63) is 41.7 Å². The lowest BCUT2D eigenvalue weighted by molar-refractivity contribution is -0.118. The van der Waals surface area contributed by atoms with Crippen molar-refractivity contribution in [2.24, 2.45) is 0 Å². The molecule has 1 aliphatic rings. The van der Waals surface area contributed by atoms with Crippen LogP contribution in [-0.2, 0) is 28.4 Å². The number of nitrogens with one attached hydrogen (secondary N) is 1. The molecule has 0 aliphatic carbocycles. The number of amides is 1. The molecule has 0 bridgehead atoms. The smallest absolute Gasteiger partial charge is 0.231 e. The lowest BCUT2D eigenvalue weighted by atomic mass is 10.1. The summed E-state index contributed by atoms with van der Waals surface area (Å²) in [5.41, 5.74) is 2.87. The highest BCUT2D eigenvalue weighted by molar-refractivity contribution is 7.84. The molecule has 0 spiro atoms. The van der Waals surface area contributed by atoms with Crippen LogP contribution in [0.3, 0.4) is 0 Å². The van der Waals surface area contributed by atoms with Gasteiger partial charge in [-0.25, -0.2) is 0 Å². The Morgan fingerprint density at radius 3 is 2.86 bits per heavy atom. The van der Waals surface area contributed by atoms with Gasteiger partial charge in [-0.3, -0.25) is 14.1 Å². The van der Waals surface area contributed by atoms with Gasteiger partial charge in [-0.2, -0.15) is 5.10 Å². The van der Waals surface area contributed by atoms with Gasteiger partial charge in [0, 0.05) is 28.5 Å². The van der Waals surface area contributed by atoms with Crippen LogP contribution in [0.25, 0.3) is 0 Å². The lowest BCUT2D eigenvalue weighted by Crippen LogP contribution is -2.36. The quantitative estimate of drug-likeness (QED) is 0.938. The van der Waals surface area contributed by atoms with Gasteiger partial charge in [0.15, 0.2) is 0 Å². The average molecular weight is 303 g/mol. The SMILES string of the molecule is CS(=O)c1ccc(CC(=O)N2CCCc3[nH]ncc32)cc1. The number of carbonyl (C=O) groups excluding carboxylic acids is 1. The third-order valence-electron chi connectivity index (χ3n) is 3.71. The van der Waals surface area contributed by atoms with E-state index in [1.807, 2.05) is 24.3 Å². The molecular formula is C15H17N3O2S. The van der Waals surface area contributed by atoms with E-state index in [0.29, 0.717) is 6.42 Å². The zero-order valence-electron chi connectivity index (χ0n) is 11.8. The molecule has 0 saturated carbocycles. The number of anilines is 1. The van der Waals surface area contributed by atoms with Crippen molar-refractivity contribution in [3.8, 4) is 0 Å². The molecule has 1 aliphatic heterocycles. The maximum atomic E-state index is 12.5. The van der Waals surface area contributed by atoms with Crippen molar-refractivity contribution in [2.45, 2.75) is 24.2 Å². The Labute approximate surface area is 125 Å². The summed E-state index contributed by atoms with van der Waals surface area (Å²) in [6, 6.07) is 7.38. The van der Waals surface area contributed by atoms with Crippen molar-refractivity contribution in [1.82, 2.24) is 10.2 Å². The lowest BCUT2D eigenvalue weighted by Gasteiger charge is -2.26. The topological polar surface area (TPSA) is 66.1 Å². The van der Waals surface area contributed by atoms with Gasteiger partial charge in [0.1, 0.15) is 0 Å². The van der Waals surface area contributed by atoms with E-state index < -0.39 is 10.8 Å². The van der Waals surface area contributed by atoms with Gasteiger partial charge >= 0.3 is 0 Å². The summed E-state index contributed by atoms with van der Waals surface area (Å²) in [5, 5.41) is 6.97. The second kappa shape index (κ2) is 5.81. The summed E-state index contributed by atoms with van der Waals surface area (Å²) < 4.78 is 11.4. The van der Waals surface area contributed by atoms with E-state index in [9.17, 15) is 9.00 Å². The molecule has 1 aromatic carbocycles. The summed E-state index contributed by atoms with van der Waals surface area (Å²) in [5.74, 6) is 0.0720. The van der Waals surface area contributed by atoms with E-state index >= 15 is 0 Å². The number of carbonyl (C=O) groups is 1.